The van der Waals surface area contributed by atoms with Crippen LogP contribution in [-0.4, -0.2) is 24.6 Å². The average Bonchev–Trinajstić information content (AvgIpc) is 2.53. The minimum Gasteiger partial charge on any atom is -0.465 e. The molecule has 2 rings (SSSR count). The SMILES string of the molecule is COC(=O)c1ccc2c(c1)CC(=O)C2=O. The molecular formula is C11H8O4. The van der Waals surface area contributed by atoms with Gasteiger partial charge in [0.2, 0.25) is 11.6 Å². The van der Waals surface area contributed by atoms with Gasteiger partial charge < -0.3 is 4.74 Å². The molecule has 0 fully saturated rings. The summed E-state index contributed by atoms with van der Waals surface area (Å²) in [5.41, 5.74) is 1.36. The molecule has 0 bridgehead atoms. The number of ketones is 2. The van der Waals surface area contributed by atoms with Crippen molar-refractivity contribution < 1.29 is 19.1 Å². The standard InChI is InChI=1S/C11H8O4/c1-15-11(14)6-2-3-8-7(4-6)5-9(12)10(8)13/h2-4H,5H2,1H3. The first kappa shape index (κ1) is 9.58. The van der Waals surface area contributed by atoms with Gasteiger partial charge in [0.05, 0.1) is 12.7 Å². The van der Waals surface area contributed by atoms with Crippen molar-refractivity contribution in [2.24, 2.45) is 0 Å². The fourth-order valence-corrected chi connectivity index (χ4v) is 1.61. The number of Topliss-reactive ketones (excluding diaryl/α,β-unsaturated/α-hetero) is 2. The first-order chi connectivity index (χ1) is 7.13. The second-order valence-electron chi connectivity index (χ2n) is 3.29. The van der Waals surface area contributed by atoms with E-state index in [0.717, 1.165) is 0 Å². The van der Waals surface area contributed by atoms with Crippen LogP contribution in [0.25, 0.3) is 0 Å². The summed E-state index contributed by atoms with van der Waals surface area (Å²) in [6, 6.07) is 4.51. The minimum atomic E-state index is -0.471. The van der Waals surface area contributed by atoms with Gasteiger partial charge in [-0.05, 0) is 23.8 Å². The first-order valence-corrected chi connectivity index (χ1v) is 4.42. The highest BCUT2D eigenvalue weighted by Gasteiger charge is 2.28. The molecular weight excluding hydrogens is 196 g/mol. The summed E-state index contributed by atoms with van der Waals surface area (Å²) in [5.74, 6) is -1.36. The molecule has 4 nitrogen and oxygen atoms in total. The zero-order chi connectivity index (χ0) is 11.0. The van der Waals surface area contributed by atoms with E-state index >= 15 is 0 Å². The Morgan fingerprint density at radius 2 is 2.07 bits per heavy atom. The number of rotatable bonds is 1. The lowest BCUT2D eigenvalue weighted by Crippen LogP contribution is -2.05. The molecule has 0 N–H and O–H groups in total. The van der Waals surface area contributed by atoms with Crippen LogP contribution in [0, 0.1) is 0 Å². The average molecular weight is 204 g/mol. The lowest BCUT2D eigenvalue weighted by molar-refractivity contribution is -0.114. The van der Waals surface area contributed by atoms with Crippen LogP contribution in [-0.2, 0) is 16.0 Å². The van der Waals surface area contributed by atoms with Crippen molar-refractivity contribution in [2.75, 3.05) is 7.11 Å². The summed E-state index contributed by atoms with van der Waals surface area (Å²) < 4.78 is 4.54. The molecule has 0 aliphatic heterocycles. The van der Waals surface area contributed by atoms with Crippen molar-refractivity contribution in [1.82, 2.24) is 0 Å². The van der Waals surface area contributed by atoms with Crippen LogP contribution in [0.5, 0.6) is 0 Å². The van der Waals surface area contributed by atoms with Crippen molar-refractivity contribution >= 4 is 17.5 Å². The van der Waals surface area contributed by atoms with Crippen molar-refractivity contribution in [3.8, 4) is 0 Å². The lowest BCUT2D eigenvalue weighted by atomic mass is 10.1. The lowest BCUT2D eigenvalue weighted by Gasteiger charge is -2.01. The second-order valence-corrected chi connectivity index (χ2v) is 3.29. The van der Waals surface area contributed by atoms with E-state index in [1.54, 1.807) is 0 Å². The van der Waals surface area contributed by atoms with Crippen LogP contribution in [0.2, 0.25) is 0 Å². The molecule has 1 aliphatic rings. The number of carbonyl (C=O) groups excluding carboxylic acids is 3. The van der Waals surface area contributed by atoms with E-state index in [1.165, 1.54) is 25.3 Å². The number of hydrogen-bond donors (Lipinski definition) is 0. The summed E-state index contributed by atoms with van der Waals surface area (Å²) >= 11 is 0. The smallest absolute Gasteiger partial charge is 0.337 e. The van der Waals surface area contributed by atoms with Crippen LogP contribution < -0.4 is 0 Å². The van der Waals surface area contributed by atoms with E-state index in [1.807, 2.05) is 0 Å². The molecule has 0 spiro atoms. The third kappa shape index (κ3) is 1.44. The van der Waals surface area contributed by atoms with Gasteiger partial charge >= 0.3 is 5.97 Å². The second kappa shape index (κ2) is 3.31. The summed E-state index contributed by atoms with van der Waals surface area (Å²) in [7, 11) is 1.28. The van der Waals surface area contributed by atoms with E-state index in [9.17, 15) is 14.4 Å². The molecule has 0 saturated heterocycles. The number of hydrogen-bond acceptors (Lipinski definition) is 4. The third-order valence-electron chi connectivity index (χ3n) is 2.38. The highest BCUT2D eigenvalue weighted by molar-refractivity contribution is 6.47. The number of carbonyl (C=O) groups is 3. The molecule has 1 aliphatic carbocycles. The van der Waals surface area contributed by atoms with Crippen LogP contribution in [0.3, 0.4) is 0 Å². The number of methoxy groups -OCH3 is 1. The van der Waals surface area contributed by atoms with Crippen molar-refractivity contribution in [1.29, 1.82) is 0 Å². The van der Waals surface area contributed by atoms with Gasteiger partial charge in [-0.25, -0.2) is 4.79 Å². The molecule has 0 aromatic heterocycles. The number of benzene rings is 1. The molecule has 1 aromatic carbocycles. The van der Waals surface area contributed by atoms with Crippen LogP contribution in [0.15, 0.2) is 18.2 Å². The molecule has 0 radical (unpaired) electrons. The Morgan fingerprint density at radius 1 is 1.33 bits per heavy atom. The quantitative estimate of drug-likeness (QED) is 0.501. The molecule has 0 heterocycles. The molecule has 0 amide bonds. The van der Waals surface area contributed by atoms with E-state index in [2.05, 4.69) is 4.74 Å². The Balaban J connectivity index is 2.46. The highest BCUT2D eigenvalue weighted by Crippen LogP contribution is 2.21. The largest absolute Gasteiger partial charge is 0.465 e. The normalized spacial score (nSPS) is 13.9. The van der Waals surface area contributed by atoms with Gasteiger partial charge in [-0.15, -0.1) is 0 Å². The Morgan fingerprint density at radius 3 is 2.73 bits per heavy atom. The van der Waals surface area contributed by atoms with E-state index < -0.39 is 17.5 Å². The maximum absolute atomic E-state index is 11.3. The maximum atomic E-state index is 11.3. The van der Waals surface area contributed by atoms with Crippen molar-refractivity contribution in [3.05, 3.63) is 34.9 Å². The van der Waals surface area contributed by atoms with Crippen LogP contribution >= 0.6 is 0 Å². The number of esters is 1. The topological polar surface area (TPSA) is 60.4 Å². The number of fused-ring (bicyclic) bond motifs is 1. The molecule has 0 atom stereocenters. The van der Waals surface area contributed by atoms with Gasteiger partial charge in [0.25, 0.3) is 0 Å². The summed E-state index contributed by atoms with van der Waals surface area (Å²) in [5, 5.41) is 0. The van der Waals surface area contributed by atoms with E-state index in [-0.39, 0.29) is 6.42 Å². The van der Waals surface area contributed by atoms with Gasteiger partial charge in [-0.2, -0.15) is 0 Å². The summed E-state index contributed by atoms with van der Waals surface area (Å²) in [6.07, 6.45) is 0.0823. The number of ether oxygens (including phenoxy) is 1. The van der Waals surface area contributed by atoms with Crippen molar-refractivity contribution in [3.63, 3.8) is 0 Å². The Labute approximate surface area is 85.8 Å². The van der Waals surface area contributed by atoms with Gasteiger partial charge in [-0.3, -0.25) is 9.59 Å². The molecule has 76 valence electrons. The summed E-state index contributed by atoms with van der Waals surface area (Å²) in [6.45, 7) is 0. The fourth-order valence-electron chi connectivity index (χ4n) is 1.61. The van der Waals surface area contributed by atoms with Gasteiger partial charge in [0.1, 0.15) is 0 Å². The minimum absolute atomic E-state index is 0.0823. The zero-order valence-corrected chi connectivity index (χ0v) is 8.07. The monoisotopic (exact) mass is 204 g/mol. The molecule has 0 unspecified atom stereocenters. The fraction of sp³-hybridized carbons (Fsp3) is 0.182. The van der Waals surface area contributed by atoms with Crippen molar-refractivity contribution in [2.45, 2.75) is 6.42 Å². The maximum Gasteiger partial charge on any atom is 0.337 e. The summed E-state index contributed by atoms with van der Waals surface area (Å²) in [4.78, 5) is 33.6. The van der Waals surface area contributed by atoms with Gasteiger partial charge in [0, 0.05) is 12.0 Å². The third-order valence-corrected chi connectivity index (χ3v) is 2.38. The predicted octanol–water partition coefficient (Wildman–Crippen LogP) is 0.781. The highest BCUT2D eigenvalue weighted by atomic mass is 16.5. The Kier molecular flexibility index (Phi) is 2.11. The predicted molar refractivity (Wildman–Crippen MR) is 50.8 cm³/mol. The molecule has 1 aromatic rings. The molecule has 15 heavy (non-hydrogen) atoms. The first-order valence-electron chi connectivity index (χ1n) is 4.42. The Bertz CT molecular complexity index is 473. The van der Waals surface area contributed by atoms with Crippen LogP contribution in [0.4, 0.5) is 0 Å². The molecule has 4 heteroatoms. The van der Waals surface area contributed by atoms with Gasteiger partial charge in [0.15, 0.2) is 0 Å². The van der Waals surface area contributed by atoms with E-state index in [4.69, 9.17) is 0 Å². The van der Waals surface area contributed by atoms with E-state index in [0.29, 0.717) is 16.7 Å². The zero-order valence-electron chi connectivity index (χ0n) is 8.07. The van der Waals surface area contributed by atoms with Crippen LogP contribution in [0.1, 0.15) is 26.3 Å². The Hall–Kier alpha value is -1.97. The van der Waals surface area contributed by atoms with Gasteiger partial charge in [-0.1, -0.05) is 0 Å². The molecule has 0 saturated carbocycles.